The van der Waals surface area contributed by atoms with Gasteiger partial charge in [-0.3, -0.25) is 4.79 Å². The predicted molar refractivity (Wildman–Crippen MR) is 99.9 cm³/mol. The van der Waals surface area contributed by atoms with Crippen molar-refractivity contribution in [3.63, 3.8) is 0 Å². The van der Waals surface area contributed by atoms with Gasteiger partial charge in [0.2, 0.25) is 5.78 Å². The van der Waals surface area contributed by atoms with E-state index in [4.69, 9.17) is 9.47 Å². The molecular formula is C20H16FNO4S. The van der Waals surface area contributed by atoms with Crippen LogP contribution in [0.1, 0.15) is 25.0 Å². The molecule has 3 aromatic rings. The van der Waals surface area contributed by atoms with Crippen LogP contribution in [0.2, 0.25) is 0 Å². The molecule has 7 heteroatoms. The molecule has 0 spiro atoms. The first-order valence-electron chi connectivity index (χ1n) is 8.06. The summed E-state index contributed by atoms with van der Waals surface area (Å²) in [7, 11) is 1.38. The van der Waals surface area contributed by atoms with Crippen LogP contribution in [0.4, 0.5) is 4.39 Å². The van der Waals surface area contributed by atoms with E-state index in [1.165, 1.54) is 30.6 Å². The molecule has 0 aliphatic heterocycles. The molecule has 5 nitrogen and oxygen atoms in total. The van der Waals surface area contributed by atoms with Crippen molar-refractivity contribution in [2.45, 2.75) is 6.92 Å². The minimum Gasteiger partial charge on any atom is -0.496 e. The first-order chi connectivity index (χ1) is 13.0. The number of nitrogens with zero attached hydrogens (tertiary/aromatic N) is 1. The van der Waals surface area contributed by atoms with Gasteiger partial charge in [0.15, 0.2) is 6.61 Å². The lowest BCUT2D eigenvalue weighted by atomic mass is 10.1. The number of esters is 1. The van der Waals surface area contributed by atoms with E-state index in [2.05, 4.69) is 4.98 Å². The number of hydrogen-bond acceptors (Lipinski definition) is 6. The Morgan fingerprint density at radius 2 is 1.89 bits per heavy atom. The van der Waals surface area contributed by atoms with Crippen molar-refractivity contribution in [2.24, 2.45) is 0 Å². The van der Waals surface area contributed by atoms with Crippen molar-refractivity contribution in [2.75, 3.05) is 13.7 Å². The standard InChI is InChI=1S/C20H16FNO4S/c1-12-22-18(13-6-4-3-5-7-13)19(27-12)20(24)26-11-16(23)15-10-14(21)8-9-17(15)25-2/h3-10H,11H2,1-2H3. The molecule has 0 amide bonds. The first-order valence-corrected chi connectivity index (χ1v) is 8.88. The molecule has 27 heavy (non-hydrogen) atoms. The van der Waals surface area contributed by atoms with Gasteiger partial charge in [0.25, 0.3) is 0 Å². The second-order valence-electron chi connectivity index (χ2n) is 5.62. The summed E-state index contributed by atoms with van der Waals surface area (Å²) >= 11 is 1.19. The van der Waals surface area contributed by atoms with Crippen molar-refractivity contribution < 1.29 is 23.5 Å². The van der Waals surface area contributed by atoms with E-state index in [0.29, 0.717) is 15.6 Å². The lowest BCUT2D eigenvalue weighted by Crippen LogP contribution is -2.15. The Kier molecular flexibility index (Phi) is 5.61. The second kappa shape index (κ2) is 8.09. The zero-order valence-electron chi connectivity index (χ0n) is 14.7. The van der Waals surface area contributed by atoms with Crippen molar-refractivity contribution in [3.8, 4) is 17.0 Å². The molecule has 0 fully saturated rings. The number of methoxy groups -OCH3 is 1. The highest BCUT2D eigenvalue weighted by molar-refractivity contribution is 7.14. The summed E-state index contributed by atoms with van der Waals surface area (Å²) in [5.41, 5.74) is 1.32. The van der Waals surface area contributed by atoms with E-state index >= 15 is 0 Å². The Morgan fingerprint density at radius 3 is 2.59 bits per heavy atom. The molecule has 0 radical (unpaired) electrons. The molecule has 0 saturated carbocycles. The van der Waals surface area contributed by atoms with Crippen molar-refractivity contribution in [1.82, 2.24) is 4.98 Å². The molecule has 0 aliphatic rings. The van der Waals surface area contributed by atoms with Crippen molar-refractivity contribution >= 4 is 23.1 Å². The van der Waals surface area contributed by atoms with E-state index in [9.17, 15) is 14.0 Å². The predicted octanol–water partition coefficient (Wildman–Crippen LogP) is 4.31. The van der Waals surface area contributed by atoms with Gasteiger partial charge < -0.3 is 9.47 Å². The number of ketones is 1. The number of carbonyl (C=O) groups is 2. The van der Waals surface area contributed by atoms with Crippen molar-refractivity contribution in [3.05, 3.63) is 69.8 Å². The fourth-order valence-corrected chi connectivity index (χ4v) is 3.36. The normalized spacial score (nSPS) is 10.5. The summed E-state index contributed by atoms with van der Waals surface area (Å²) in [6.45, 7) is 1.26. The lowest BCUT2D eigenvalue weighted by molar-refractivity contribution is 0.0479. The van der Waals surface area contributed by atoms with Crippen LogP contribution in [-0.2, 0) is 4.74 Å². The molecule has 0 N–H and O–H groups in total. The fourth-order valence-electron chi connectivity index (χ4n) is 2.53. The SMILES string of the molecule is COc1ccc(F)cc1C(=O)COC(=O)c1sc(C)nc1-c1ccccc1. The second-order valence-corrected chi connectivity index (χ2v) is 6.82. The molecule has 1 heterocycles. The number of halogens is 1. The van der Waals surface area contributed by atoms with Gasteiger partial charge in [0.05, 0.1) is 23.4 Å². The smallest absolute Gasteiger partial charge is 0.351 e. The number of aromatic nitrogens is 1. The summed E-state index contributed by atoms with van der Waals surface area (Å²) in [6.07, 6.45) is 0. The highest BCUT2D eigenvalue weighted by atomic mass is 32.1. The summed E-state index contributed by atoms with van der Waals surface area (Å²) in [5.74, 6) is -1.56. The van der Waals surface area contributed by atoms with Crippen LogP contribution in [0.3, 0.4) is 0 Å². The number of aryl methyl sites for hydroxylation is 1. The molecule has 0 unspecified atom stereocenters. The fraction of sp³-hybridized carbons (Fsp3) is 0.150. The maximum atomic E-state index is 13.4. The molecule has 3 rings (SSSR count). The van der Waals surface area contributed by atoms with Crippen LogP contribution in [0.15, 0.2) is 48.5 Å². The average molecular weight is 385 g/mol. The highest BCUT2D eigenvalue weighted by Crippen LogP contribution is 2.28. The number of Topliss-reactive ketones (excluding diaryl/α,β-unsaturated/α-hetero) is 1. The number of carbonyl (C=O) groups excluding carboxylic acids is 2. The monoisotopic (exact) mass is 385 g/mol. The largest absolute Gasteiger partial charge is 0.496 e. The third kappa shape index (κ3) is 4.20. The topological polar surface area (TPSA) is 65.5 Å². The maximum absolute atomic E-state index is 13.4. The summed E-state index contributed by atoms with van der Waals surface area (Å²) in [6, 6.07) is 12.8. The van der Waals surface area contributed by atoms with E-state index in [1.54, 1.807) is 6.92 Å². The third-order valence-electron chi connectivity index (χ3n) is 3.76. The molecule has 2 aromatic carbocycles. The Hall–Kier alpha value is -3.06. The van der Waals surface area contributed by atoms with Gasteiger partial charge >= 0.3 is 5.97 Å². The Balaban J connectivity index is 1.78. The van der Waals surface area contributed by atoms with Crippen LogP contribution in [0.25, 0.3) is 11.3 Å². The summed E-state index contributed by atoms with van der Waals surface area (Å²) < 4.78 is 23.6. The Morgan fingerprint density at radius 1 is 1.15 bits per heavy atom. The van der Waals surface area contributed by atoms with E-state index in [-0.39, 0.29) is 11.3 Å². The summed E-state index contributed by atoms with van der Waals surface area (Å²) in [4.78, 5) is 29.5. The van der Waals surface area contributed by atoms with Crippen LogP contribution in [0, 0.1) is 12.7 Å². The zero-order chi connectivity index (χ0) is 19.4. The van der Waals surface area contributed by atoms with Crippen LogP contribution in [-0.4, -0.2) is 30.5 Å². The van der Waals surface area contributed by atoms with Crippen LogP contribution in [0.5, 0.6) is 5.75 Å². The molecular weight excluding hydrogens is 369 g/mol. The van der Waals surface area contributed by atoms with E-state index in [0.717, 1.165) is 11.6 Å². The molecule has 0 atom stereocenters. The van der Waals surface area contributed by atoms with Crippen molar-refractivity contribution in [1.29, 1.82) is 0 Å². The van der Waals surface area contributed by atoms with Gasteiger partial charge in [0, 0.05) is 5.56 Å². The van der Waals surface area contributed by atoms with Gasteiger partial charge in [-0.15, -0.1) is 11.3 Å². The maximum Gasteiger partial charge on any atom is 0.351 e. The van der Waals surface area contributed by atoms with E-state index in [1.807, 2.05) is 30.3 Å². The minimum atomic E-state index is -0.650. The molecule has 0 aliphatic carbocycles. The number of rotatable bonds is 6. The molecule has 1 aromatic heterocycles. The molecule has 0 bridgehead atoms. The van der Waals surface area contributed by atoms with Gasteiger partial charge in [0.1, 0.15) is 16.4 Å². The highest BCUT2D eigenvalue weighted by Gasteiger charge is 2.22. The number of thiazole rings is 1. The van der Waals surface area contributed by atoms with Gasteiger partial charge in [-0.1, -0.05) is 30.3 Å². The zero-order valence-corrected chi connectivity index (χ0v) is 15.5. The minimum absolute atomic E-state index is 0.0223. The van der Waals surface area contributed by atoms with Gasteiger partial charge in [-0.05, 0) is 25.1 Å². The average Bonchev–Trinajstić information content (AvgIpc) is 3.08. The van der Waals surface area contributed by atoms with E-state index < -0.39 is 24.2 Å². The third-order valence-corrected chi connectivity index (χ3v) is 4.71. The number of ether oxygens (including phenoxy) is 2. The Labute approximate surface area is 159 Å². The van der Waals surface area contributed by atoms with Crippen LogP contribution >= 0.6 is 11.3 Å². The number of hydrogen-bond donors (Lipinski definition) is 0. The van der Waals surface area contributed by atoms with Crippen LogP contribution < -0.4 is 4.74 Å². The lowest BCUT2D eigenvalue weighted by Gasteiger charge is -2.08. The summed E-state index contributed by atoms with van der Waals surface area (Å²) in [5, 5.41) is 0.707. The first kappa shape index (κ1) is 18.7. The molecule has 0 saturated heterocycles. The number of benzene rings is 2. The van der Waals surface area contributed by atoms with Gasteiger partial charge in [-0.2, -0.15) is 0 Å². The van der Waals surface area contributed by atoms with Gasteiger partial charge in [-0.25, -0.2) is 14.2 Å². The molecule has 138 valence electrons. The Bertz CT molecular complexity index is 985. The quantitative estimate of drug-likeness (QED) is 0.467.